The first-order valence-corrected chi connectivity index (χ1v) is 9.13. The van der Waals surface area contributed by atoms with E-state index in [9.17, 15) is 19.7 Å². The second kappa shape index (κ2) is 7.50. The van der Waals surface area contributed by atoms with Gasteiger partial charge in [-0.05, 0) is 30.7 Å². The van der Waals surface area contributed by atoms with Crippen LogP contribution in [-0.4, -0.2) is 30.3 Å². The highest BCUT2D eigenvalue weighted by Crippen LogP contribution is 2.46. The maximum Gasteiger partial charge on any atom is 0.338 e. The molecule has 0 N–H and O–H groups in total. The number of ether oxygens (including phenoxy) is 1. The second-order valence-corrected chi connectivity index (χ2v) is 7.53. The average molecular weight is 394 g/mol. The van der Waals surface area contributed by atoms with Gasteiger partial charge in [-0.15, -0.1) is 0 Å². The van der Waals surface area contributed by atoms with Crippen molar-refractivity contribution in [2.75, 3.05) is 18.6 Å². The third-order valence-corrected chi connectivity index (χ3v) is 5.21. The number of fused-ring (bicyclic) bond motifs is 1. The smallest absolute Gasteiger partial charge is 0.338 e. The molecular weight excluding hydrogens is 372 g/mol. The summed E-state index contributed by atoms with van der Waals surface area (Å²) in [4.78, 5) is 37.0. The van der Waals surface area contributed by atoms with Crippen LogP contribution in [0.25, 0.3) is 0 Å². The lowest BCUT2D eigenvalue weighted by Gasteiger charge is -2.23. The Morgan fingerprint density at radius 1 is 1.21 bits per heavy atom. The Hall–Kier alpha value is -3.48. The molecule has 1 aliphatic heterocycles. The highest BCUT2D eigenvalue weighted by Gasteiger charge is 2.38. The highest BCUT2D eigenvalue weighted by molar-refractivity contribution is 5.96. The molecule has 2 aromatic carbocycles. The summed E-state index contributed by atoms with van der Waals surface area (Å²) in [5, 5.41) is 10.9. The number of hydrogen-bond donors (Lipinski definition) is 0. The van der Waals surface area contributed by atoms with E-state index in [0.29, 0.717) is 5.56 Å². The van der Waals surface area contributed by atoms with Crippen LogP contribution in [0.5, 0.6) is 0 Å². The van der Waals surface area contributed by atoms with E-state index < -0.39 is 17.5 Å². The molecule has 0 aliphatic carbocycles. The Balaban J connectivity index is 1.71. The Labute approximate surface area is 168 Å². The number of carbonyl (C=O) groups excluding carboxylic acids is 2. The number of nitro groups is 1. The van der Waals surface area contributed by atoms with Gasteiger partial charge < -0.3 is 9.64 Å². The zero-order valence-electron chi connectivity index (χ0n) is 16.8. The van der Waals surface area contributed by atoms with E-state index >= 15 is 0 Å². The van der Waals surface area contributed by atoms with Gasteiger partial charge in [0.25, 0.3) is 5.69 Å². The molecule has 0 aromatic heterocycles. The molecule has 0 radical (unpaired) electrons. The van der Waals surface area contributed by atoms with Gasteiger partial charge in [0.15, 0.2) is 12.4 Å². The summed E-state index contributed by atoms with van der Waals surface area (Å²) in [5.41, 5.74) is 3.08. The number of ketones is 1. The van der Waals surface area contributed by atoms with Gasteiger partial charge in [0.2, 0.25) is 0 Å². The maximum absolute atomic E-state index is 12.5. The molecule has 29 heavy (non-hydrogen) atoms. The molecule has 0 saturated heterocycles. The fourth-order valence-corrected chi connectivity index (χ4v) is 3.66. The quantitative estimate of drug-likeness (QED) is 0.330. The third kappa shape index (κ3) is 3.76. The van der Waals surface area contributed by atoms with E-state index in [0.717, 1.165) is 16.9 Å². The van der Waals surface area contributed by atoms with Crippen molar-refractivity contribution in [3.05, 3.63) is 81.0 Å². The van der Waals surface area contributed by atoms with Gasteiger partial charge in [-0.3, -0.25) is 14.9 Å². The predicted molar refractivity (Wildman–Crippen MR) is 109 cm³/mol. The standard InChI is InChI=1S/C22H22N2O5/c1-14-11-15(9-10-18(14)24(27)28)21(26)29-13-16(25)12-20-22(2,3)17-7-5-6-8-19(17)23(20)4/h5-12H,13H2,1-4H3. The Morgan fingerprint density at radius 2 is 1.90 bits per heavy atom. The molecule has 0 unspecified atom stereocenters. The number of para-hydroxylation sites is 1. The molecule has 0 atom stereocenters. The number of benzene rings is 2. The molecule has 7 heteroatoms. The first-order chi connectivity index (χ1) is 13.6. The molecule has 3 rings (SSSR count). The summed E-state index contributed by atoms with van der Waals surface area (Å²) in [5.74, 6) is -1.03. The lowest BCUT2D eigenvalue weighted by molar-refractivity contribution is -0.385. The first-order valence-electron chi connectivity index (χ1n) is 9.13. The summed E-state index contributed by atoms with van der Waals surface area (Å²) >= 11 is 0. The van der Waals surface area contributed by atoms with Crippen molar-refractivity contribution < 1.29 is 19.2 Å². The minimum atomic E-state index is -0.697. The van der Waals surface area contributed by atoms with Gasteiger partial charge in [-0.25, -0.2) is 4.79 Å². The number of esters is 1. The van der Waals surface area contributed by atoms with E-state index in [1.165, 1.54) is 24.3 Å². The van der Waals surface area contributed by atoms with Crippen LogP contribution in [0, 0.1) is 17.0 Å². The molecule has 1 aliphatic rings. The minimum Gasteiger partial charge on any atom is -0.454 e. The lowest BCUT2D eigenvalue weighted by Crippen LogP contribution is -2.25. The van der Waals surface area contributed by atoms with Gasteiger partial charge in [0.1, 0.15) is 0 Å². The normalized spacial score (nSPS) is 15.9. The van der Waals surface area contributed by atoms with Crippen molar-refractivity contribution in [1.29, 1.82) is 0 Å². The van der Waals surface area contributed by atoms with Crippen LogP contribution in [0.1, 0.15) is 35.3 Å². The van der Waals surface area contributed by atoms with Gasteiger partial charge in [-0.1, -0.05) is 32.0 Å². The fraction of sp³-hybridized carbons (Fsp3) is 0.273. The fourth-order valence-electron chi connectivity index (χ4n) is 3.66. The van der Waals surface area contributed by atoms with E-state index in [1.54, 1.807) is 6.92 Å². The van der Waals surface area contributed by atoms with Crippen LogP contribution in [-0.2, 0) is 14.9 Å². The molecule has 0 spiro atoms. The highest BCUT2D eigenvalue weighted by atomic mass is 16.6. The van der Waals surface area contributed by atoms with Crippen LogP contribution < -0.4 is 4.90 Å². The Kier molecular flexibility index (Phi) is 5.24. The SMILES string of the molecule is Cc1cc(C(=O)OCC(=O)C=C2N(C)c3ccccc3C2(C)C)ccc1[N+](=O)[O-]. The zero-order chi connectivity index (χ0) is 21.3. The first kappa shape index (κ1) is 20.3. The number of allylic oxidation sites excluding steroid dienone is 1. The van der Waals surface area contributed by atoms with Gasteiger partial charge in [0.05, 0.1) is 10.5 Å². The Morgan fingerprint density at radius 3 is 2.52 bits per heavy atom. The second-order valence-electron chi connectivity index (χ2n) is 7.53. The molecule has 1 heterocycles. The summed E-state index contributed by atoms with van der Waals surface area (Å²) < 4.78 is 5.11. The zero-order valence-corrected chi connectivity index (χ0v) is 16.8. The Bertz CT molecular complexity index is 1040. The van der Waals surface area contributed by atoms with Crippen molar-refractivity contribution in [1.82, 2.24) is 0 Å². The van der Waals surface area contributed by atoms with Gasteiger partial charge in [0, 0.05) is 41.6 Å². The monoisotopic (exact) mass is 394 g/mol. The van der Waals surface area contributed by atoms with Gasteiger partial charge in [-0.2, -0.15) is 0 Å². The van der Waals surface area contributed by atoms with Crippen molar-refractivity contribution >= 4 is 23.1 Å². The number of likely N-dealkylation sites (N-methyl/N-ethyl adjacent to an activating group) is 1. The van der Waals surface area contributed by atoms with Crippen LogP contribution in [0.4, 0.5) is 11.4 Å². The van der Waals surface area contributed by atoms with E-state index in [1.807, 2.05) is 50.1 Å². The largest absolute Gasteiger partial charge is 0.454 e. The topological polar surface area (TPSA) is 89.8 Å². The third-order valence-electron chi connectivity index (χ3n) is 5.21. The molecule has 7 nitrogen and oxygen atoms in total. The van der Waals surface area contributed by atoms with Crippen molar-refractivity contribution in [2.45, 2.75) is 26.2 Å². The summed E-state index contributed by atoms with van der Waals surface area (Å²) in [7, 11) is 1.90. The molecule has 0 bridgehead atoms. The minimum absolute atomic E-state index is 0.0755. The molecule has 0 fully saturated rings. The predicted octanol–water partition coefficient (Wildman–Crippen LogP) is 3.94. The van der Waals surface area contributed by atoms with Crippen molar-refractivity contribution in [2.24, 2.45) is 0 Å². The number of rotatable bonds is 5. The van der Waals surface area contributed by atoms with Crippen LogP contribution in [0.15, 0.2) is 54.2 Å². The molecule has 0 amide bonds. The molecule has 0 saturated carbocycles. The van der Waals surface area contributed by atoms with E-state index in [-0.39, 0.29) is 22.4 Å². The van der Waals surface area contributed by atoms with E-state index in [4.69, 9.17) is 4.74 Å². The number of anilines is 1. The average Bonchev–Trinajstić information content (AvgIpc) is 2.87. The number of hydrogen-bond acceptors (Lipinski definition) is 6. The van der Waals surface area contributed by atoms with Crippen molar-refractivity contribution in [3.63, 3.8) is 0 Å². The lowest BCUT2D eigenvalue weighted by atomic mass is 9.83. The van der Waals surface area contributed by atoms with Crippen molar-refractivity contribution in [3.8, 4) is 0 Å². The number of nitrogens with zero attached hydrogens (tertiary/aromatic N) is 2. The van der Waals surface area contributed by atoms with Crippen LogP contribution in [0.3, 0.4) is 0 Å². The molecular formula is C22H22N2O5. The summed E-state index contributed by atoms with van der Waals surface area (Å²) in [6.45, 7) is 5.22. The van der Waals surface area contributed by atoms with Gasteiger partial charge >= 0.3 is 5.97 Å². The summed E-state index contributed by atoms with van der Waals surface area (Å²) in [6.07, 6.45) is 1.51. The maximum atomic E-state index is 12.5. The van der Waals surface area contributed by atoms with E-state index in [2.05, 4.69) is 0 Å². The van der Waals surface area contributed by atoms with Crippen LogP contribution in [0.2, 0.25) is 0 Å². The van der Waals surface area contributed by atoms with Crippen LogP contribution >= 0.6 is 0 Å². The molecule has 2 aromatic rings. The number of nitro benzene ring substituents is 1. The molecule has 150 valence electrons. The number of aryl methyl sites for hydroxylation is 1. The number of carbonyl (C=O) groups is 2. The summed E-state index contributed by atoms with van der Waals surface area (Å²) in [6, 6.07) is 11.9.